The molecule has 5 nitrogen and oxygen atoms in total. The molecule has 0 spiro atoms. The van der Waals surface area contributed by atoms with E-state index in [1.165, 1.54) is 0 Å². The van der Waals surface area contributed by atoms with Crippen molar-refractivity contribution >= 4 is 16.1 Å². The van der Waals surface area contributed by atoms with E-state index in [1.54, 1.807) is 0 Å². The van der Waals surface area contributed by atoms with Gasteiger partial charge in [-0.25, -0.2) is 8.78 Å². The number of halogens is 5. The molecule has 2 fully saturated rings. The Labute approximate surface area is 135 Å². The Morgan fingerprint density at radius 3 is 2.04 bits per heavy atom. The van der Waals surface area contributed by atoms with Crippen molar-refractivity contribution in [2.24, 2.45) is 17.8 Å². The average Bonchev–Trinajstić information content (AvgIpc) is 2.89. The van der Waals surface area contributed by atoms with Crippen molar-refractivity contribution in [2.75, 3.05) is 6.26 Å². The minimum atomic E-state index is -5.38. The lowest BCUT2D eigenvalue weighted by molar-refractivity contribution is -0.275. The Bertz CT molecular complexity index is 583. The van der Waals surface area contributed by atoms with E-state index in [0.29, 0.717) is 6.42 Å². The van der Waals surface area contributed by atoms with Gasteiger partial charge >= 0.3 is 12.1 Å². The lowest BCUT2D eigenvalue weighted by Crippen LogP contribution is -2.47. The van der Waals surface area contributed by atoms with Crippen LogP contribution in [-0.2, 0) is 23.8 Å². The molecule has 0 aromatic heterocycles. The number of carbonyl (C=O) groups is 1. The molecule has 2 rings (SSSR count). The second-order valence-corrected chi connectivity index (χ2v) is 8.09. The van der Waals surface area contributed by atoms with Crippen LogP contribution in [0.2, 0.25) is 0 Å². The minimum absolute atomic E-state index is 0.0369. The highest BCUT2D eigenvalue weighted by Crippen LogP contribution is 2.51. The first-order valence-corrected chi connectivity index (χ1v) is 9.03. The second-order valence-electron chi connectivity index (χ2n) is 6.49. The Balaban J connectivity index is 2.01. The predicted molar refractivity (Wildman–Crippen MR) is 70.6 cm³/mol. The van der Waals surface area contributed by atoms with Gasteiger partial charge in [0.1, 0.15) is 0 Å². The normalized spacial score (nSPS) is 32.0. The van der Waals surface area contributed by atoms with Crippen LogP contribution in [0.5, 0.6) is 0 Å². The topological polar surface area (TPSA) is 69.7 Å². The molecule has 2 aliphatic rings. The van der Waals surface area contributed by atoms with Crippen LogP contribution in [0.15, 0.2) is 0 Å². The molecule has 140 valence electrons. The molecular weight excluding hydrogens is 363 g/mol. The maximum atomic E-state index is 13.1. The summed E-state index contributed by atoms with van der Waals surface area (Å²) in [6.45, 7) is 0.0369. The highest BCUT2D eigenvalue weighted by molar-refractivity contribution is 7.86. The Kier molecular flexibility index (Phi) is 4.90. The van der Waals surface area contributed by atoms with E-state index in [2.05, 4.69) is 4.74 Å². The molecular formula is C13H17F5O5S. The standard InChI is InChI=1S/C13H17F5O5S/c1-12(14,15)11(13(16,17)18)22-10(19)8-4-7-3-6(8)5-9(7)23-24(2,20)21/h6-9,11H,3-5H2,1-2H3. The lowest BCUT2D eigenvalue weighted by atomic mass is 9.87. The van der Waals surface area contributed by atoms with Gasteiger partial charge in [-0.15, -0.1) is 0 Å². The van der Waals surface area contributed by atoms with Gasteiger partial charge in [0.05, 0.1) is 18.3 Å². The molecule has 0 saturated heterocycles. The van der Waals surface area contributed by atoms with Gasteiger partial charge < -0.3 is 4.74 Å². The zero-order valence-electron chi connectivity index (χ0n) is 12.8. The average molecular weight is 380 g/mol. The van der Waals surface area contributed by atoms with Crippen molar-refractivity contribution in [3.63, 3.8) is 0 Å². The maximum Gasteiger partial charge on any atom is 0.431 e. The number of fused-ring (bicyclic) bond motifs is 2. The first-order valence-electron chi connectivity index (χ1n) is 7.21. The summed E-state index contributed by atoms with van der Waals surface area (Å²) in [5.74, 6) is -7.30. The number of ether oxygens (including phenoxy) is 1. The number of rotatable bonds is 5. The van der Waals surface area contributed by atoms with Crippen molar-refractivity contribution in [1.82, 2.24) is 0 Å². The first-order chi connectivity index (χ1) is 10.7. The van der Waals surface area contributed by atoms with Crippen LogP contribution in [-0.4, -0.2) is 44.9 Å². The molecule has 2 bridgehead atoms. The first kappa shape index (κ1) is 19.4. The molecule has 2 saturated carbocycles. The van der Waals surface area contributed by atoms with Crippen LogP contribution in [0, 0.1) is 17.8 Å². The van der Waals surface area contributed by atoms with Gasteiger partial charge in [0.2, 0.25) is 0 Å². The predicted octanol–water partition coefficient (Wildman–Crippen LogP) is 2.51. The van der Waals surface area contributed by atoms with Gasteiger partial charge in [-0.05, 0) is 31.1 Å². The summed E-state index contributed by atoms with van der Waals surface area (Å²) in [4.78, 5) is 11.9. The summed E-state index contributed by atoms with van der Waals surface area (Å²) in [6, 6.07) is 0. The van der Waals surface area contributed by atoms with E-state index in [-0.39, 0.29) is 25.7 Å². The number of hydrogen-bond donors (Lipinski definition) is 0. The molecule has 11 heteroatoms. The molecule has 0 aromatic rings. The molecule has 5 atom stereocenters. The fraction of sp³-hybridized carbons (Fsp3) is 0.923. The monoisotopic (exact) mass is 380 g/mol. The second kappa shape index (κ2) is 6.08. The Hall–Kier alpha value is -0.970. The zero-order chi connectivity index (χ0) is 18.5. The number of alkyl halides is 5. The number of esters is 1. The van der Waals surface area contributed by atoms with Crippen LogP contribution < -0.4 is 0 Å². The number of carbonyl (C=O) groups excluding carboxylic acids is 1. The quantitative estimate of drug-likeness (QED) is 0.416. The molecule has 0 aromatic carbocycles. The van der Waals surface area contributed by atoms with Gasteiger partial charge in [-0.2, -0.15) is 21.6 Å². The highest BCUT2D eigenvalue weighted by atomic mass is 32.2. The highest BCUT2D eigenvalue weighted by Gasteiger charge is 2.58. The third kappa shape index (κ3) is 4.35. The van der Waals surface area contributed by atoms with E-state index in [9.17, 15) is 35.2 Å². The Morgan fingerprint density at radius 1 is 1.08 bits per heavy atom. The summed E-state index contributed by atoms with van der Waals surface area (Å²) in [5.41, 5.74) is 0. The zero-order valence-corrected chi connectivity index (χ0v) is 13.7. The summed E-state index contributed by atoms with van der Waals surface area (Å²) < 4.78 is 95.3. The molecule has 5 unspecified atom stereocenters. The SMILES string of the molecule is CC(F)(F)C(OC(=O)C1CC2CC1CC2OS(C)(=O)=O)C(F)(F)F. The molecule has 0 heterocycles. The van der Waals surface area contributed by atoms with Crippen LogP contribution in [0.3, 0.4) is 0 Å². The molecule has 2 aliphatic carbocycles. The van der Waals surface area contributed by atoms with Crippen LogP contribution in [0.25, 0.3) is 0 Å². The van der Waals surface area contributed by atoms with Crippen molar-refractivity contribution < 1.29 is 44.1 Å². The van der Waals surface area contributed by atoms with E-state index < -0.39 is 52.2 Å². The van der Waals surface area contributed by atoms with Crippen molar-refractivity contribution in [3.05, 3.63) is 0 Å². The summed E-state index contributed by atoms with van der Waals surface area (Å²) in [6.07, 6.45) is -8.03. The van der Waals surface area contributed by atoms with Crippen molar-refractivity contribution in [2.45, 2.75) is 50.5 Å². The fourth-order valence-corrected chi connectivity index (χ4v) is 4.20. The third-order valence-corrected chi connectivity index (χ3v) is 4.98. The van der Waals surface area contributed by atoms with Crippen LogP contribution in [0.4, 0.5) is 22.0 Å². The third-order valence-electron chi connectivity index (χ3n) is 4.38. The van der Waals surface area contributed by atoms with Gasteiger partial charge in [0.25, 0.3) is 22.1 Å². The van der Waals surface area contributed by atoms with E-state index >= 15 is 0 Å². The lowest BCUT2D eigenvalue weighted by Gasteiger charge is -2.30. The van der Waals surface area contributed by atoms with Crippen molar-refractivity contribution in [1.29, 1.82) is 0 Å². The van der Waals surface area contributed by atoms with Crippen LogP contribution in [0.1, 0.15) is 26.2 Å². The van der Waals surface area contributed by atoms with E-state index in [0.717, 1.165) is 6.26 Å². The van der Waals surface area contributed by atoms with Gasteiger partial charge in [-0.1, -0.05) is 0 Å². The van der Waals surface area contributed by atoms with Gasteiger partial charge in [0, 0.05) is 6.92 Å². The summed E-state index contributed by atoms with van der Waals surface area (Å²) >= 11 is 0. The summed E-state index contributed by atoms with van der Waals surface area (Å²) in [7, 11) is -3.69. The van der Waals surface area contributed by atoms with Gasteiger partial charge in [-0.3, -0.25) is 8.98 Å². The molecule has 0 aliphatic heterocycles. The summed E-state index contributed by atoms with van der Waals surface area (Å²) in [5, 5.41) is 0. The maximum absolute atomic E-state index is 13.1. The van der Waals surface area contributed by atoms with Crippen molar-refractivity contribution in [3.8, 4) is 0 Å². The largest absolute Gasteiger partial charge is 0.446 e. The van der Waals surface area contributed by atoms with E-state index in [1.807, 2.05) is 0 Å². The van der Waals surface area contributed by atoms with Crippen LogP contribution >= 0.6 is 0 Å². The van der Waals surface area contributed by atoms with Gasteiger partial charge in [0.15, 0.2) is 0 Å². The molecule has 0 amide bonds. The van der Waals surface area contributed by atoms with E-state index in [4.69, 9.17) is 4.18 Å². The molecule has 0 radical (unpaired) electrons. The molecule has 0 N–H and O–H groups in total. The molecule has 24 heavy (non-hydrogen) atoms. The minimum Gasteiger partial charge on any atom is -0.446 e. The Morgan fingerprint density at radius 2 is 1.67 bits per heavy atom. The fourth-order valence-electron chi connectivity index (χ4n) is 3.52. The smallest absolute Gasteiger partial charge is 0.431 e. The number of hydrogen-bond acceptors (Lipinski definition) is 5.